The highest BCUT2D eigenvalue weighted by Gasteiger charge is 2.40. The summed E-state index contributed by atoms with van der Waals surface area (Å²) in [5, 5.41) is 3.04. The molecular formula is C32H37N3O5S. The molecular weight excluding hydrogens is 538 g/mol. The number of hydrogen-bond acceptors (Lipinski definition) is 5. The molecule has 2 atom stereocenters. The third-order valence-electron chi connectivity index (χ3n) is 7.37. The van der Waals surface area contributed by atoms with Crippen LogP contribution in [-0.4, -0.2) is 54.0 Å². The van der Waals surface area contributed by atoms with Gasteiger partial charge in [0.1, 0.15) is 10.9 Å². The first kappa shape index (κ1) is 30.0. The molecule has 0 radical (unpaired) electrons. The number of carbonyl (C=O) groups excluding carboxylic acids is 3. The summed E-state index contributed by atoms with van der Waals surface area (Å²) in [5.41, 5.74) is 2.99. The summed E-state index contributed by atoms with van der Waals surface area (Å²) >= 11 is 0. The monoisotopic (exact) mass is 575 g/mol. The molecule has 8 nitrogen and oxygen atoms in total. The zero-order chi connectivity index (χ0) is 29.6. The highest BCUT2D eigenvalue weighted by atomic mass is 32.2. The fraction of sp³-hybridized carbons (Fsp3) is 0.344. The van der Waals surface area contributed by atoms with E-state index in [9.17, 15) is 22.8 Å². The van der Waals surface area contributed by atoms with Gasteiger partial charge >= 0.3 is 0 Å². The first-order valence-corrected chi connectivity index (χ1v) is 15.4. The SMILES string of the molecule is CCC(C)NC(=O)C(Cc1ccccc1)N(Cc1cccc(C)c1)C(=O)CCCN1C(=O)c2ccccc2S1(=O)=O. The maximum atomic E-state index is 13.9. The van der Waals surface area contributed by atoms with E-state index in [-0.39, 0.29) is 54.2 Å². The molecule has 2 unspecified atom stereocenters. The Labute approximate surface area is 242 Å². The van der Waals surface area contributed by atoms with E-state index >= 15 is 0 Å². The first-order valence-electron chi connectivity index (χ1n) is 14.0. The second-order valence-corrected chi connectivity index (χ2v) is 12.3. The van der Waals surface area contributed by atoms with Crippen molar-refractivity contribution < 1.29 is 22.8 Å². The number of amides is 3. The molecule has 0 spiro atoms. The lowest BCUT2D eigenvalue weighted by Crippen LogP contribution is -2.52. The standard InChI is InChI=1S/C32H37N3O5S/c1-4-24(3)33-31(37)28(21-25-13-6-5-7-14-25)34(22-26-15-10-12-23(2)20-26)30(36)18-11-19-35-32(38)27-16-8-9-17-29(27)41(35,39)40/h5-10,12-17,20,24,28H,4,11,18-19,21-22H2,1-3H3,(H,33,37). The minimum atomic E-state index is -3.96. The number of benzene rings is 3. The van der Waals surface area contributed by atoms with E-state index in [1.54, 1.807) is 17.0 Å². The maximum absolute atomic E-state index is 13.9. The summed E-state index contributed by atoms with van der Waals surface area (Å²) in [5.74, 6) is -1.11. The Hall–Kier alpha value is -3.98. The number of hydrogen-bond donors (Lipinski definition) is 1. The normalized spacial score (nSPS) is 15.2. The number of rotatable bonds is 12. The Bertz CT molecular complexity index is 1510. The van der Waals surface area contributed by atoms with Crippen LogP contribution in [0, 0.1) is 6.92 Å². The van der Waals surface area contributed by atoms with Gasteiger partial charge in [-0.2, -0.15) is 0 Å². The first-order chi connectivity index (χ1) is 19.6. The van der Waals surface area contributed by atoms with E-state index in [1.165, 1.54) is 12.1 Å². The maximum Gasteiger partial charge on any atom is 0.269 e. The second kappa shape index (κ2) is 13.1. The van der Waals surface area contributed by atoms with Crippen molar-refractivity contribution in [1.29, 1.82) is 0 Å². The fourth-order valence-corrected chi connectivity index (χ4v) is 6.58. The minimum absolute atomic E-state index is 0.0120. The molecule has 9 heteroatoms. The molecule has 3 aromatic carbocycles. The summed E-state index contributed by atoms with van der Waals surface area (Å²) in [4.78, 5) is 41.9. The van der Waals surface area contributed by atoms with Crippen LogP contribution in [-0.2, 0) is 32.6 Å². The molecule has 1 N–H and O–H groups in total. The van der Waals surface area contributed by atoms with Gasteiger partial charge < -0.3 is 10.2 Å². The summed E-state index contributed by atoms with van der Waals surface area (Å²) in [6.45, 7) is 5.98. The second-order valence-electron chi connectivity index (χ2n) is 10.5. The van der Waals surface area contributed by atoms with Crippen molar-refractivity contribution in [1.82, 2.24) is 14.5 Å². The van der Waals surface area contributed by atoms with Crippen LogP contribution >= 0.6 is 0 Å². The zero-order valence-corrected chi connectivity index (χ0v) is 24.6. The molecule has 0 aliphatic carbocycles. The van der Waals surface area contributed by atoms with Gasteiger partial charge in [0.05, 0.1) is 5.56 Å². The van der Waals surface area contributed by atoms with Crippen molar-refractivity contribution in [2.45, 2.75) is 70.0 Å². The molecule has 1 aliphatic heterocycles. The molecule has 0 bridgehead atoms. The van der Waals surface area contributed by atoms with Gasteiger partial charge in [0.2, 0.25) is 11.8 Å². The summed E-state index contributed by atoms with van der Waals surface area (Å²) < 4.78 is 26.8. The predicted octanol–water partition coefficient (Wildman–Crippen LogP) is 4.47. The van der Waals surface area contributed by atoms with Gasteiger partial charge in [-0.25, -0.2) is 12.7 Å². The lowest BCUT2D eigenvalue weighted by Gasteiger charge is -2.32. The molecule has 4 rings (SSSR count). The van der Waals surface area contributed by atoms with Crippen LogP contribution in [0.3, 0.4) is 0 Å². The number of nitrogens with zero attached hydrogens (tertiary/aromatic N) is 2. The van der Waals surface area contributed by atoms with Crippen molar-refractivity contribution in [2.24, 2.45) is 0 Å². The molecule has 0 saturated carbocycles. The quantitative estimate of drug-likeness (QED) is 0.343. The minimum Gasteiger partial charge on any atom is -0.352 e. The van der Waals surface area contributed by atoms with Crippen LogP contribution in [0.2, 0.25) is 0 Å². The Morgan fingerprint density at radius 1 is 0.951 bits per heavy atom. The van der Waals surface area contributed by atoms with E-state index in [0.29, 0.717) is 6.42 Å². The molecule has 41 heavy (non-hydrogen) atoms. The number of nitrogens with one attached hydrogen (secondary N) is 1. The molecule has 0 fully saturated rings. The van der Waals surface area contributed by atoms with Crippen molar-refractivity contribution in [3.63, 3.8) is 0 Å². The van der Waals surface area contributed by atoms with Gasteiger partial charge in [-0.15, -0.1) is 0 Å². The van der Waals surface area contributed by atoms with Gasteiger partial charge in [-0.05, 0) is 49.9 Å². The summed E-state index contributed by atoms with van der Waals surface area (Å²) in [6, 6.07) is 22.6. The largest absolute Gasteiger partial charge is 0.352 e. The van der Waals surface area contributed by atoms with Crippen molar-refractivity contribution in [2.75, 3.05) is 6.54 Å². The van der Waals surface area contributed by atoms with Crippen LogP contribution in [0.4, 0.5) is 0 Å². The number of aryl methyl sites for hydroxylation is 1. The number of fused-ring (bicyclic) bond motifs is 1. The van der Waals surface area contributed by atoms with Crippen molar-refractivity contribution in [3.05, 3.63) is 101 Å². The van der Waals surface area contributed by atoms with Crippen LogP contribution in [0.5, 0.6) is 0 Å². The van der Waals surface area contributed by atoms with Gasteiger partial charge in [0.25, 0.3) is 15.9 Å². The third kappa shape index (κ3) is 7.03. The lowest BCUT2D eigenvalue weighted by molar-refractivity contribution is -0.141. The Morgan fingerprint density at radius 3 is 2.32 bits per heavy atom. The van der Waals surface area contributed by atoms with Gasteiger partial charge in [-0.3, -0.25) is 14.4 Å². The molecule has 0 aromatic heterocycles. The Balaban J connectivity index is 1.57. The molecule has 0 saturated heterocycles. The Kier molecular flexibility index (Phi) is 9.60. The van der Waals surface area contributed by atoms with Crippen LogP contribution in [0.15, 0.2) is 83.8 Å². The average Bonchev–Trinajstić information content (AvgIpc) is 3.15. The van der Waals surface area contributed by atoms with E-state index < -0.39 is 22.0 Å². The van der Waals surface area contributed by atoms with Gasteiger partial charge in [0, 0.05) is 32.0 Å². The van der Waals surface area contributed by atoms with Gasteiger partial charge in [-0.1, -0.05) is 79.2 Å². The van der Waals surface area contributed by atoms with Crippen LogP contribution in [0.1, 0.15) is 60.2 Å². The molecule has 1 aliphatic rings. The molecule has 216 valence electrons. The predicted molar refractivity (Wildman–Crippen MR) is 157 cm³/mol. The van der Waals surface area contributed by atoms with Crippen molar-refractivity contribution >= 4 is 27.7 Å². The highest BCUT2D eigenvalue weighted by Crippen LogP contribution is 2.30. The van der Waals surface area contributed by atoms with E-state index in [2.05, 4.69) is 5.32 Å². The zero-order valence-electron chi connectivity index (χ0n) is 23.7. The number of sulfonamides is 1. The van der Waals surface area contributed by atoms with Crippen LogP contribution < -0.4 is 5.32 Å². The van der Waals surface area contributed by atoms with E-state index in [1.807, 2.05) is 75.4 Å². The highest BCUT2D eigenvalue weighted by molar-refractivity contribution is 7.90. The molecule has 3 amide bonds. The molecule has 3 aromatic rings. The van der Waals surface area contributed by atoms with E-state index in [0.717, 1.165) is 27.4 Å². The average molecular weight is 576 g/mol. The lowest BCUT2D eigenvalue weighted by atomic mass is 10.0. The van der Waals surface area contributed by atoms with Gasteiger partial charge in [0.15, 0.2) is 0 Å². The van der Waals surface area contributed by atoms with Crippen LogP contribution in [0.25, 0.3) is 0 Å². The molecule has 1 heterocycles. The topological polar surface area (TPSA) is 104 Å². The third-order valence-corrected chi connectivity index (χ3v) is 9.21. The van der Waals surface area contributed by atoms with E-state index in [4.69, 9.17) is 0 Å². The summed E-state index contributed by atoms with van der Waals surface area (Å²) in [6.07, 6.45) is 1.18. The fourth-order valence-electron chi connectivity index (χ4n) is 4.97. The summed E-state index contributed by atoms with van der Waals surface area (Å²) in [7, 11) is -3.96. The van der Waals surface area contributed by atoms with Crippen molar-refractivity contribution in [3.8, 4) is 0 Å². The smallest absolute Gasteiger partial charge is 0.269 e. The Morgan fingerprint density at radius 2 is 1.63 bits per heavy atom. The number of carbonyl (C=O) groups is 3.